The van der Waals surface area contributed by atoms with Gasteiger partial charge in [0.25, 0.3) is 5.91 Å². The third-order valence-electron chi connectivity index (χ3n) is 4.93. The number of carbonyl (C=O) groups excluding carboxylic acids is 2. The number of ether oxygens (including phenoxy) is 2. The Hall–Kier alpha value is -2.66. The van der Waals surface area contributed by atoms with Gasteiger partial charge in [-0.05, 0) is 42.2 Å². The van der Waals surface area contributed by atoms with E-state index in [9.17, 15) is 9.59 Å². The molecule has 0 bridgehead atoms. The molecule has 2 aromatic carbocycles. The van der Waals surface area contributed by atoms with Crippen LogP contribution in [0.25, 0.3) is 0 Å². The van der Waals surface area contributed by atoms with E-state index in [0.717, 1.165) is 30.6 Å². The van der Waals surface area contributed by atoms with Gasteiger partial charge >= 0.3 is 5.97 Å². The summed E-state index contributed by atoms with van der Waals surface area (Å²) in [7, 11) is 0. The standard InChI is InChI=1S/C21H21NO4/c23-20(22-13-17-7-4-10-25-17)15-8-9-18-16(11-15)12-19(26-21(18)24)14-5-2-1-3-6-14/h1-3,5-6,8-9,11,17,19H,4,7,10,12-13H2,(H,22,23). The van der Waals surface area contributed by atoms with Crippen LogP contribution in [0, 0.1) is 0 Å². The minimum atomic E-state index is -0.341. The van der Waals surface area contributed by atoms with E-state index in [-0.39, 0.29) is 24.1 Å². The Bertz CT molecular complexity index is 812. The molecule has 1 fully saturated rings. The Morgan fingerprint density at radius 3 is 2.77 bits per heavy atom. The summed E-state index contributed by atoms with van der Waals surface area (Å²) in [6.45, 7) is 1.28. The third kappa shape index (κ3) is 3.48. The smallest absolute Gasteiger partial charge is 0.339 e. The number of hydrogen-bond acceptors (Lipinski definition) is 4. The Labute approximate surface area is 152 Å². The van der Waals surface area contributed by atoms with Crippen molar-refractivity contribution in [2.75, 3.05) is 13.2 Å². The van der Waals surface area contributed by atoms with Crippen molar-refractivity contribution >= 4 is 11.9 Å². The van der Waals surface area contributed by atoms with Gasteiger partial charge in [0.1, 0.15) is 6.10 Å². The summed E-state index contributed by atoms with van der Waals surface area (Å²) < 4.78 is 11.1. The fourth-order valence-corrected chi connectivity index (χ4v) is 3.50. The first-order valence-corrected chi connectivity index (χ1v) is 8.99. The van der Waals surface area contributed by atoms with Crippen molar-refractivity contribution < 1.29 is 19.1 Å². The van der Waals surface area contributed by atoms with E-state index in [4.69, 9.17) is 9.47 Å². The molecule has 26 heavy (non-hydrogen) atoms. The normalized spacial score (nSPS) is 21.8. The molecule has 2 aliphatic rings. The van der Waals surface area contributed by atoms with Crippen molar-refractivity contribution in [1.29, 1.82) is 0 Å². The molecule has 1 amide bonds. The summed E-state index contributed by atoms with van der Waals surface area (Å²) in [6, 6.07) is 14.8. The topological polar surface area (TPSA) is 64.6 Å². The van der Waals surface area contributed by atoms with E-state index in [1.807, 2.05) is 30.3 Å². The van der Waals surface area contributed by atoms with Crippen LogP contribution in [0.3, 0.4) is 0 Å². The Kier molecular flexibility index (Phi) is 4.71. The van der Waals surface area contributed by atoms with Gasteiger partial charge in [-0.1, -0.05) is 30.3 Å². The predicted molar refractivity (Wildman–Crippen MR) is 96.1 cm³/mol. The summed E-state index contributed by atoms with van der Waals surface area (Å²) in [5.41, 5.74) is 2.90. The average molecular weight is 351 g/mol. The molecule has 2 atom stereocenters. The van der Waals surface area contributed by atoms with Crippen LogP contribution in [0.4, 0.5) is 0 Å². The van der Waals surface area contributed by atoms with Gasteiger partial charge in [-0.15, -0.1) is 0 Å². The molecule has 2 unspecified atom stereocenters. The molecule has 5 nitrogen and oxygen atoms in total. The number of esters is 1. The fraction of sp³-hybridized carbons (Fsp3) is 0.333. The Balaban J connectivity index is 1.50. The van der Waals surface area contributed by atoms with Gasteiger partial charge in [0, 0.05) is 25.1 Å². The lowest BCUT2D eigenvalue weighted by Gasteiger charge is -2.25. The van der Waals surface area contributed by atoms with Crippen molar-refractivity contribution in [2.45, 2.75) is 31.5 Å². The first-order chi connectivity index (χ1) is 12.7. The van der Waals surface area contributed by atoms with Gasteiger partial charge in [0.15, 0.2) is 0 Å². The summed E-state index contributed by atoms with van der Waals surface area (Å²) >= 11 is 0. The molecular formula is C21H21NO4. The number of fused-ring (bicyclic) bond motifs is 1. The van der Waals surface area contributed by atoms with Gasteiger partial charge in [0.2, 0.25) is 0 Å². The fourth-order valence-electron chi connectivity index (χ4n) is 3.50. The summed E-state index contributed by atoms with van der Waals surface area (Å²) in [5, 5.41) is 2.92. The van der Waals surface area contributed by atoms with Crippen LogP contribution in [0.15, 0.2) is 48.5 Å². The molecule has 2 aromatic rings. The van der Waals surface area contributed by atoms with Crippen molar-refractivity contribution in [3.63, 3.8) is 0 Å². The highest BCUT2D eigenvalue weighted by Crippen LogP contribution is 2.31. The average Bonchev–Trinajstić information content (AvgIpc) is 3.20. The SMILES string of the molecule is O=C(NCC1CCCO1)c1ccc2c(c1)CC(c1ccccc1)OC2=O. The van der Waals surface area contributed by atoms with Crippen LogP contribution in [-0.4, -0.2) is 31.1 Å². The number of cyclic esters (lactones) is 1. The minimum Gasteiger partial charge on any atom is -0.454 e. The maximum Gasteiger partial charge on any atom is 0.339 e. The third-order valence-corrected chi connectivity index (χ3v) is 4.93. The minimum absolute atomic E-state index is 0.106. The Morgan fingerprint density at radius 1 is 1.15 bits per heavy atom. The molecule has 0 saturated carbocycles. The van der Waals surface area contributed by atoms with Gasteiger partial charge in [-0.25, -0.2) is 4.79 Å². The highest BCUT2D eigenvalue weighted by atomic mass is 16.5. The van der Waals surface area contributed by atoms with E-state index < -0.39 is 0 Å². The van der Waals surface area contributed by atoms with E-state index in [0.29, 0.717) is 24.1 Å². The van der Waals surface area contributed by atoms with Crippen LogP contribution in [0.2, 0.25) is 0 Å². The maximum atomic E-state index is 12.4. The zero-order valence-corrected chi connectivity index (χ0v) is 14.4. The molecule has 2 heterocycles. The zero-order valence-electron chi connectivity index (χ0n) is 14.4. The van der Waals surface area contributed by atoms with Gasteiger partial charge in [-0.2, -0.15) is 0 Å². The number of hydrogen-bond donors (Lipinski definition) is 1. The van der Waals surface area contributed by atoms with Crippen molar-refractivity contribution in [2.24, 2.45) is 0 Å². The van der Waals surface area contributed by atoms with Crippen molar-refractivity contribution in [3.05, 3.63) is 70.8 Å². The lowest BCUT2D eigenvalue weighted by Crippen LogP contribution is -2.32. The molecule has 134 valence electrons. The zero-order chi connectivity index (χ0) is 17.9. The number of carbonyl (C=O) groups is 2. The second kappa shape index (κ2) is 7.30. The van der Waals surface area contributed by atoms with Gasteiger partial charge in [-0.3, -0.25) is 4.79 Å². The van der Waals surface area contributed by atoms with Gasteiger partial charge < -0.3 is 14.8 Å². The predicted octanol–water partition coefficient (Wildman–Crippen LogP) is 3.05. The first kappa shape index (κ1) is 16.8. The number of rotatable bonds is 4. The van der Waals surface area contributed by atoms with Crippen molar-refractivity contribution in [1.82, 2.24) is 5.32 Å². The molecule has 0 radical (unpaired) electrons. The van der Waals surface area contributed by atoms with Gasteiger partial charge in [0.05, 0.1) is 11.7 Å². The maximum absolute atomic E-state index is 12.4. The van der Waals surface area contributed by atoms with E-state index in [2.05, 4.69) is 5.32 Å². The number of nitrogens with one attached hydrogen (secondary N) is 1. The molecule has 0 spiro atoms. The molecule has 0 aliphatic carbocycles. The second-order valence-corrected chi connectivity index (χ2v) is 6.73. The largest absolute Gasteiger partial charge is 0.454 e. The molecule has 4 rings (SSSR count). The molecule has 0 aromatic heterocycles. The van der Waals surface area contributed by atoms with Crippen LogP contribution in [0.5, 0.6) is 0 Å². The van der Waals surface area contributed by atoms with Crippen LogP contribution < -0.4 is 5.32 Å². The summed E-state index contributed by atoms with van der Waals surface area (Å²) in [5.74, 6) is -0.482. The molecule has 2 aliphatic heterocycles. The Morgan fingerprint density at radius 2 is 2.00 bits per heavy atom. The molecule has 1 saturated heterocycles. The van der Waals surface area contributed by atoms with Crippen molar-refractivity contribution in [3.8, 4) is 0 Å². The van der Waals surface area contributed by atoms with E-state index in [1.165, 1.54) is 0 Å². The van der Waals surface area contributed by atoms with E-state index in [1.54, 1.807) is 18.2 Å². The summed E-state index contributed by atoms with van der Waals surface area (Å²) in [6.07, 6.45) is 2.38. The summed E-state index contributed by atoms with van der Waals surface area (Å²) in [4.78, 5) is 24.7. The highest BCUT2D eigenvalue weighted by Gasteiger charge is 2.28. The molecule has 1 N–H and O–H groups in total. The monoisotopic (exact) mass is 351 g/mol. The van der Waals surface area contributed by atoms with Crippen LogP contribution in [0.1, 0.15) is 50.8 Å². The quantitative estimate of drug-likeness (QED) is 0.860. The lowest BCUT2D eigenvalue weighted by molar-refractivity contribution is 0.0252. The molecule has 5 heteroatoms. The second-order valence-electron chi connectivity index (χ2n) is 6.73. The first-order valence-electron chi connectivity index (χ1n) is 8.99. The van der Waals surface area contributed by atoms with Crippen LogP contribution >= 0.6 is 0 Å². The van der Waals surface area contributed by atoms with E-state index >= 15 is 0 Å². The molecular weight excluding hydrogens is 330 g/mol. The number of amides is 1. The van der Waals surface area contributed by atoms with Crippen LogP contribution in [-0.2, 0) is 15.9 Å². The highest BCUT2D eigenvalue weighted by molar-refractivity contribution is 5.97. The lowest BCUT2D eigenvalue weighted by atomic mass is 9.93. The number of benzene rings is 2.